The van der Waals surface area contributed by atoms with Crippen molar-refractivity contribution in [2.24, 2.45) is 11.8 Å². The number of benzene rings is 1. The molecule has 4 heterocycles. The molecule has 3 aliphatic rings. The number of aliphatic hydroxyl groups is 4. The van der Waals surface area contributed by atoms with E-state index < -0.39 is 61.6 Å². The lowest BCUT2D eigenvalue weighted by atomic mass is 9.78. The van der Waals surface area contributed by atoms with Crippen molar-refractivity contribution in [1.29, 1.82) is 0 Å². The molecule has 11 nitrogen and oxygen atoms in total. The fourth-order valence-electron chi connectivity index (χ4n) is 5.54. The van der Waals surface area contributed by atoms with Crippen LogP contribution < -0.4 is 0 Å². The Labute approximate surface area is 237 Å². The Bertz CT molecular complexity index is 1250. The summed E-state index contributed by atoms with van der Waals surface area (Å²) in [7, 11) is 0. The number of hydrogen-bond acceptors (Lipinski definition) is 11. The molecule has 0 aliphatic carbocycles. The lowest BCUT2D eigenvalue weighted by Crippen LogP contribution is -2.60. The van der Waals surface area contributed by atoms with Gasteiger partial charge < -0.3 is 44.5 Å². The van der Waals surface area contributed by atoms with E-state index in [9.17, 15) is 30.3 Å². The summed E-state index contributed by atoms with van der Waals surface area (Å²) in [5.74, 6) is -1.17. The summed E-state index contributed by atoms with van der Waals surface area (Å²) in [6.07, 6.45) is -3.49. The number of carbonyl (C=O) groups excluding carboxylic acids is 1. The molecule has 2 fully saturated rings. The Hall–Kier alpha value is -3.32. The molecular weight excluding hydrogens is 534 g/mol. The van der Waals surface area contributed by atoms with Crippen LogP contribution in [0.15, 0.2) is 67.0 Å². The Kier molecular flexibility index (Phi) is 9.03. The summed E-state index contributed by atoms with van der Waals surface area (Å²) in [4.78, 5) is 17.7. The number of nitrogens with zero attached hydrogens (tertiary/aromatic N) is 1. The second kappa shape index (κ2) is 12.7. The lowest BCUT2D eigenvalue weighted by molar-refractivity contribution is -0.339. The lowest BCUT2D eigenvalue weighted by Gasteiger charge is -2.44. The number of fused-ring (bicyclic) bond motifs is 1. The van der Waals surface area contributed by atoms with E-state index in [-0.39, 0.29) is 11.7 Å². The van der Waals surface area contributed by atoms with Crippen molar-refractivity contribution < 1.29 is 49.3 Å². The van der Waals surface area contributed by atoms with Crippen LogP contribution in [0.5, 0.6) is 5.75 Å². The van der Waals surface area contributed by atoms with Gasteiger partial charge in [-0.2, -0.15) is 0 Å². The van der Waals surface area contributed by atoms with E-state index in [0.717, 1.165) is 23.4 Å². The van der Waals surface area contributed by atoms with Gasteiger partial charge in [0.15, 0.2) is 6.29 Å². The van der Waals surface area contributed by atoms with E-state index in [1.165, 1.54) is 6.26 Å². The Morgan fingerprint density at radius 1 is 1.00 bits per heavy atom. The number of ether oxygens (including phenoxy) is 4. The van der Waals surface area contributed by atoms with Crippen LogP contribution >= 0.6 is 0 Å². The molecule has 9 atom stereocenters. The molecule has 1 aromatic heterocycles. The van der Waals surface area contributed by atoms with E-state index in [1.54, 1.807) is 18.2 Å². The van der Waals surface area contributed by atoms with Crippen molar-refractivity contribution in [1.82, 2.24) is 4.98 Å². The van der Waals surface area contributed by atoms with Crippen LogP contribution in [0, 0.1) is 11.8 Å². The second-order valence-electron chi connectivity index (χ2n) is 10.6. The molecule has 2 aromatic rings. The fourth-order valence-corrected chi connectivity index (χ4v) is 5.54. The van der Waals surface area contributed by atoms with Crippen LogP contribution in [-0.4, -0.2) is 86.2 Å². The topological polar surface area (TPSA) is 168 Å². The Morgan fingerprint density at radius 3 is 2.49 bits per heavy atom. The van der Waals surface area contributed by atoms with Crippen molar-refractivity contribution in [3.8, 4) is 5.75 Å². The molecule has 0 spiro atoms. The van der Waals surface area contributed by atoms with E-state index in [1.807, 2.05) is 30.3 Å². The first-order valence-electron chi connectivity index (χ1n) is 13.6. The second-order valence-corrected chi connectivity index (χ2v) is 10.6. The van der Waals surface area contributed by atoms with Crippen LogP contribution in [0.2, 0.25) is 0 Å². The minimum absolute atomic E-state index is 0.226. The van der Waals surface area contributed by atoms with Gasteiger partial charge in [-0.1, -0.05) is 24.3 Å². The monoisotopic (exact) mass is 569 g/mol. The molecule has 0 saturated carbocycles. The standard InChI is InChI=1S/C30H35NO10/c1-2-21-22-13-20(12-18-5-3-4-17(31-18)9-6-16-7-10-19(33)11-8-16)39-28(37)23(22)15-38-29(21)41-30-27(36)26(35)25(34)24(14-32)40-30/h2-5,7-8,10-11,15,20-22,24-27,29-30,32-36H,1,6,9,12-14H2. The van der Waals surface area contributed by atoms with Crippen LogP contribution in [-0.2, 0) is 43.0 Å². The van der Waals surface area contributed by atoms with Crippen molar-refractivity contribution in [3.05, 3.63) is 83.9 Å². The third kappa shape index (κ3) is 6.45. The molecular formula is C30H35NO10. The average Bonchev–Trinajstić information content (AvgIpc) is 2.97. The SMILES string of the molecule is C=CC1C(OC2OC(CO)C(O)C(O)C2O)OC=C2C(=O)OC(Cc3cccc(CCc4ccc(O)cc4)n3)CC21. The maximum Gasteiger partial charge on any atom is 0.337 e. The third-order valence-electron chi connectivity index (χ3n) is 7.83. The fraction of sp³-hybridized carbons (Fsp3) is 0.467. The highest BCUT2D eigenvalue weighted by atomic mass is 16.8. The molecule has 0 amide bonds. The highest BCUT2D eigenvalue weighted by molar-refractivity contribution is 5.90. The molecule has 220 valence electrons. The molecule has 1 aromatic carbocycles. The zero-order valence-corrected chi connectivity index (χ0v) is 22.4. The number of cyclic esters (lactones) is 1. The molecule has 0 radical (unpaired) electrons. The van der Waals surface area contributed by atoms with Gasteiger partial charge in [-0.25, -0.2) is 4.79 Å². The Balaban J connectivity index is 1.24. The number of esters is 1. The summed E-state index contributed by atoms with van der Waals surface area (Å²) >= 11 is 0. The molecule has 3 aliphatic heterocycles. The van der Waals surface area contributed by atoms with Crippen molar-refractivity contribution in [2.45, 2.75) is 68.8 Å². The highest BCUT2D eigenvalue weighted by Gasteiger charge is 2.49. The van der Waals surface area contributed by atoms with Gasteiger partial charge in [0.25, 0.3) is 0 Å². The van der Waals surface area contributed by atoms with Gasteiger partial charge >= 0.3 is 5.97 Å². The number of phenolic OH excluding ortho intramolecular Hbond substituents is 1. The summed E-state index contributed by atoms with van der Waals surface area (Å²) in [6.45, 7) is 3.30. The van der Waals surface area contributed by atoms with E-state index in [0.29, 0.717) is 24.8 Å². The first-order valence-corrected chi connectivity index (χ1v) is 13.6. The maximum atomic E-state index is 12.9. The van der Waals surface area contributed by atoms with Crippen LogP contribution in [0.3, 0.4) is 0 Å². The molecule has 2 saturated heterocycles. The van der Waals surface area contributed by atoms with E-state index in [4.69, 9.17) is 23.9 Å². The van der Waals surface area contributed by atoms with Crippen LogP contribution in [0.1, 0.15) is 23.4 Å². The molecule has 0 bridgehead atoms. The van der Waals surface area contributed by atoms with Gasteiger partial charge in [0.1, 0.15) is 36.3 Å². The quantitative estimate of drug-likeness (QED) is 0.215. The minimum Gasteiger partial charge on any atom is -0.508 e. The van der Waals surface area contributed by atoms with Gasteiger partial charge in [0.2, 0.25) is 6.29 Å². The van der Waals surface area contributed by atoms with Gasteiger partial charge in [-0.05, 0) is 49.1 Å². The third-order valence-corrected chi connectivity index (χ3v) is 7.83. The van der Waals surface area contributed by atoms with Gasteiger partial charge in [-0.15, -0.1) is 6.58 Å². The van der Waals surface area contributed by atoms with Gasteiger partial charge in [-0.3, -0.25) is 4.98 Å². The van der Waals surface area contributed by atoms with Crippen molar-refractivity contribution in [2.75, 3.05) is 6.61 Å². The minimum atomic E-state index is -1.60. The highest BCUT2D eigenvalue weighted by Crippen LogP contribution is 2.41. The normalized spacial score (nSPS) is 33.2. The average molecular weight is 570 g/mol. The maximum absolute atomic E-state index is 12.9. The first-order chi connectivity index (χ1) is 19.8. The number of hydrogen-bond donors (Lipinski definition) is 5. The van der Waals surface area contributed by atoms with E-state index in [2.05, 4.69) is 6.58 Å². The Morgan fingerprint density at radius 2 is 1.76 bits per heavy atom. The van der Waals surface area contributed by atoms with Crippen LogP contribution in [0.4, 0.5) is 0 Å². The molecule has 9 unspecified atom stereocenters. The smallest absolute Gasteiger partial charge is 0.337 e. The van der Waals surface area contributed by atoms with Gasteiger partial charge in [0, 0.05) is 29.6 Å². The predicted octanol–water partition coefficient (Wildman–Crippen LogP) is 0.905. The number of aromatic hydroxyl groups is 1. The molecule has 5 rings (SSSR count). The zero-order valence-electron chi connectivity index (χ0n) is 22.4. The summed E-state index contributed by atoms with van der Waals surface area (Å²) < 4.78 is 22.7. The van der Waals surface area contributed by atoms with Crippen molar-refractivity contribution >= 4 is 5.97 Å². The summed E-state index contributed by atoms with van der Waals surface area (Å²) in [5, 5.41) is 49.5. The predicted molar refractivity (Wildman–Crippen MR) is 143 cm³/mol. The van der Waals surface area contributed by atoms with Crippen molar-refractivity contribution in [3.63, 3.8) is 0 Å². The number of aryl methyl sites for hydroxylation is 2. The number of rotatable bonds is 9. The van der Waals surface area contributed by atoms with E-state index >= 15 is 0 Å². The molecule has 5 N–H and O–H groups in total. The molecule has 11 heteroatoms. The van der Waals surface area contributed by atoms with Crippen LogP contribution in [0.25, 0.3) is 0 Å². The summed E-state index contributed by atoms with van der Waals surface area (Å²) in [5.41, 5.74) is 3.12. The summed E-state index contributed by atoms with van der Waals surface area (Å²) in [6, 6.07) is 12.8. The molecule has 41 heavy (non-hydrogen) atoms. The number of phenols is 1. The number of aliphatic hydroxyl groups excluding tert-OH is 4. The number of carbonyl (C=O) groups is 1. The zero-order chi connectivity index (χ0) is 29.1. The number of aromatic nitrogens is 1. The first kappa shape index (κ1) is 29.2. The van der Waals surface area contributed by atoms with Gasteiger partial charge in [0.05, 0.1) is 18.4 Å². The number of pyridine rings is 1. The largest absolute Gasteiger partial charge is 0.508 e.